The van der Waals surface area contributed by atoms with Crippen LogP contribution in [0.15, 0.2) is 40.9 Å². The smallest absolute Gasteiger partial charge is 0.126 e. The maximum Gasteiger partial charge on any atom is 0.126 e. The Hall–Kier alpha value is -1.37. The highest BCUT2D eigenvalue weighted by Gasteiger charge is 2.13. The molecule has 0 aliphatic heterocycles. The molecule has 0 saturated heterocycles. The molecule has 0 aliphatic rings. The van der Waals surface area contributed by atoms with Crippen LogP contribution in [0.1, 0.15) is 11.1 Å². The van der Waals surface area contributed by atoms with E-state index in [1.165, 1.54) is 24.3 Å². The van der Waals surface area contributed by atoms with Gasteiger partial charge in [0.1, 0.15) is 17.5 Å². The zero-order valence-electron chi connectivity index (χ0n) is 11.0. The van der Waals surface area contributed by atoms with Gasteiger partial charge in [-0.1, -0.05) is 15.9 Å². The summed E-state index contributed by atoms with van der Waals surface area (Å²) in [6.45, 7) is 0. The molecule has 0 heterocycles. The molecule has 0 radical (unpaired) electrons. The number of hydrogen-bond donors (Lipinski definition) is 2. The van der Waals surface area contributed by atoms with E-state index in [9.17, 15) is 13.2 Å². The first-order valence-corrected chi connectivity index (χ1v) is 7.12. The Balaban J connectivity index is 2.14. The van der Waals surface area contributed by atoms with Gasteiger partial charge in [0.05, 0.1) is 0 Å². The molecular weight excluding hydrogens is 345 g/mol. The number of halogens is 4. The van der Waals surface area contributed by atoms with E-state index in [1.54, 1.807) is 6.07 Å². The fourth-order valence-corrected chi connectivity index (χ4v) is 2.58. The summed E-state index contributed by atoms with van der Waals surface area (Å²) in [5.41, 5.74) is 3.82. The molecule has 0 spiro atoms. The minimum absolute atomic E-state index is 0.274. The molecule has 1 atom stereocenters. The topological polar surface area (TPSA) is 38.0 Å². The zero-order valence-corrected chi connectivity index (χ0v) is 12.6. The van der Waals surface area contributed by atoms with Crippen LogP contribution in [0.2, 0.25) is 0 Å². The van der Waals surface area contributed by atoms with Crippen LogP contribution < -0.4 is 11.3 Å². The van der Waals surface area contributed by atoms with Crippen LogP contribution >= 0.6 is 15.9 Å². The minimum Gasteiger partial charge on any atom is -0.271 e. The molecule has 3 N–H and O–H groups in total. The van der Waals surface area contributed by atoms with E-state index in [0.29, 0.717) is 18.4 Å². The Morgan fingerprint density at radius 1 is 0.952 bits per heavy atom. The highest BCUT2D eigenvalue weighted by molar-refractivity contribution is 9.10. The quantitative estimate of drug-likeness (QED) is 0.634. The van der Waals surface area contributed by atoms with E-state index in [-0.39, 0.29) is 11.9 Å². The lowest BCUT2D eigenvalue weighted by atomic mass is 9.99. The molecule has 2 rings (SSSR count). The fourth-order valence-electron chi connectivity index (χ4n) is 2.17. The summed E-state index contributed by atoms with van der Waals surface area (Å²) in [6, 6.07) is 7.42. The average Bonchev–Trinajstić information content (AvgIpc) is 2.41. The second kappa shape index (κ2) is 7.06. The predicted molar refractivity (Wildman–Crippen MR) is 79.0 cm³/mol. The number of nitrogens with one attached hydrogen (secondary N) is 1. The van der Waals surface area contributed by atoms with E-state index < -0.39 is 11.6 Å². The van der Waals surface area contributed by atoms with Gasteiger partial charge in [0.25, 0.3) is 0 Å². The third-order valence-corrected chi connectivity index (χ3v) is 3.89. The van der Waals surface area contributed by atoms with Gasteiger partial charge in [-0.3, -0.25) is 11.3 Å². The van der Waals surface area contributed by atoms with E-state index in [4.69, 9.17) is 5.84 Å². The lowest BCUT2D eigenvalue weighted by Crippen LogP contribution is -2.38. The third-order valence-electron chi connectivity index (χ3n) is 3.11. The van der Waals surface area contributed by atoms with Crippen LogP contribution in [0.5, 0.6) is 0 Å². The number of hydrazine groups is 1. The molecule has 2 aromatic carbocycles. The molecule has 21 heavy (non-hydrogen) atoms. The molecule has 6 heteroatoms. The summed E-state index contributed by atoms with van der Waals surface area (Å²) in [4.78, 5) is 0. The molecule has 2 nitrogen and oxygen atoms in total. The summed E-state index contributed by atoms with van der Waals surface area (Å²) in [6.07, 6.45) is 0.751. The highest BCUT2D eigenvalue weighted by Crippen LogP contribution is 2.20. The molecule has 0 saturated carbocycles. The van der Waals surface area contributed by atoms with Gasteiger partial charge >= 0.3 is 0 Å². The van der Waals surface area contributed by atoms with Crippen molar-refractivity contribution < 1.29 is 13.2 Å². The summed E-state index contributed by atoms with van der Waals surface area (Å²) in [7, 11) is 0. The Bertz CT molecular complexity index is 614. The van der Waals surface area contributed by atoms with Crippen LogP contribution in [-0.2, 0) is 12.8 Å². The van der Waals surface area contributed by atoms with E-state index in [0.717, 1.165) is 16.1 Å². The van der Waals surface area contributed by atoms with Crippen molar-refractivity contribution in [2.45, 2.75) is 18.9 Å². The standard InChI is InChI=1S/C15H14BrF3N2/c16-15-2-1-11(17)6-10(15)7-14(21-20)5-9-3-12(18)8-13(19)4-9/h1-4,6,8,14,21H,5,7,20H2. The van der Waals surface area contributed by atoms with E-state index in [2.05, 4.69) is 21.4 Å². The molecule has 0 aliphatic carbocycles. The van der Waals surface area contributed by atoms with Gasteiger partial charge in [-0.05, 0) is 54.3 Å². The van der Waals surface area contributed by atoms with Gasteiger partial charge in [-0.2, -0.15) is 0 Å². The number of rotatable bonds is 5. The van der Waals surface area contributed by atoms with Crippen LogP contribution in [0.3, 0.4) is 0 Å². The summed E-state index contributed by atoms with van der Waals surface area (Å²) >= 11 is 3.34. The van der Waals surface area contributed by atoms with Crippen molar-refractivity contribution in [1.29, 1.82) is 0 Å². The lowest BCUT2D eigenvalue weighted by Gasteiger charge is -2.17. The van der Waals surface area contributed by atoms with E-state index in [1.807, 2.05) is 0 Å². The van der Waals surface area contributed by atoms with Gasteiger partial charge < -0.3 is 0 Å². The van der Waals surface area contributed by atoms with Crippen molar-refractivity contribution in [1.82, 2.24) is 5.43 Å². The van der Waals surface area contributed by atoms with Gasteiger partial charge in [0.2, 0.25) is 0 Å². The van der Waals surface area contributed by atoms with Crippen molar-refractivity contribution in [2.75, 3.05) is 0 Å². The predicted octanol–water partition coefficient (Wildman–Crippen LogP) is 3.48. The van der Waals surface area contributed by atoms with Crippen LogP contribution in [0.25, 0.3) is 0 Å². The molecule has 2 aromatic rings. The Kier molecular flexibility index (Phi) is 5.39. The molecule has 0 fully saturated rings. The second-order valence-electron chi connectivity index (χ2n) is 4.79. The number of nitrogens with two attached hydrogens (primary N) is 1. The van der Waals surface area contributed by atoms with Crippen molar-refractivity contribution in [2.24, 2.45) is 5.84 Å². The maximum absolute atomic E-state index is 13.3. The normalized spacial score (nSPS) is 12.4. The lowest BCUT2D eigenvalue weighted by molar-refractivity contribution is 0.514. The molecule has 112 valence electrons. The monoisotopic (exact) mass is 358 g/mol. The van der Waals surface area contributed by atoms with Gasteiger partial charge in [0.15, 0.2) is 0 Å². The highest BCUT2D eigenvalue weighted by atomic mass is 79.9. The van der Waals surface area contributed by atoms with Crippen LogP contribution in [0, 0.1) is 17.5 Å². The fraction of sp³-hybridized carbons (Fsp3) is 0.200. The largest absolute Gasteiger partial charge is 0.271 e. The number of hydrogen-bond acceptors (Lipinski definition) is 2. The first-order chi connectivity index (χ1) is 9.97. The average molecular weight is 359 g/mol. The second-order valence-corrected chi connectivity index (χ2v) is 5.64. The van der Waals surface area contributed by atoms with E-state index >= 15 is 0 Å². The Morgan fingerprint density at radius 2 is 1.62 bits per heavy atom. The van der Waals surface area contributed by atoms with Gasteiger partial charge in [0, 0.05) is 16.6 Å². The van der Waals surface area contributed by atoms with Gasteiger partial charge in [-0.25, -0.2) is 13.2 Å². The molecular formula is C15H14BrF3N2. The molecule has 0 bridgehead atoms. The summed E-state index contributed by atoms with van der Waals surface area (Å²) in [5.74, 6) is 3.88. The SMILES string of the molecule is NNC(Cc1cc(F)cc(F)c1)Cc1cc(F)ccc1Br. The molecule has 0 aromatic heterocycles. The van der Waals surface area contributed by atoms with Crippen molar-refractivity contribution >= 4 is 15.9 Å². The Labute approximate surface area is 129 Å². The summed E-state index contributed by atoms with van der Waals surface area (Å²) < 4.78 is 40.4. The molecule has 0 amide bonds. The maximum atomic E-state index is 13.3. The van der Waals surface area contributed by atoms with Crippen LogP contribution in [0.4, 0.5) is 13.2 Å². The first kappa shape index (κ1) is 16.0. The third kappa shape index (κ3) is 4.56. The number of benzene rings is 2. The molecule has 1 unspecified atom stereocenters. The van der Waals surface area contributed by atoms with Crippen LogP contribution in [-0.4, -0.2) is 6.04 Å². The first-order valence-electron chi connectivity index (χ1n) is 6.33. The zero-order chi connectivity index (χ0) is 15.4. The van der Waals surface area contributed by atoms with Crippen molar-refractivity contribution in [3.05, 3.63) is 69.4 Å². The van der Waals surface area contributed by atoms with Gasteiger partial charge in [-0.15, -0.1) is 0 Å². The summed E-state index contributed by atoms with van der Waals surface area (Å²) in [5, 5.41) is 0. The van der Waals surface area contributed by atoms with Crippen molar-refractivity contribution in [3.8, 4) is 0 Å². The van der Waals surface area contributed by atoms with Crippen molar-refractivity contribution in [3.63, 3.8) is 0 Å². The Morgan fingerprint density at radius 3 is 2.24 bits per heavy atom. The minimum atomic E-state index is -0.632.